The van der Waals surface area contributed by atoms with Crippen molar-refractivity contribution in [3.8, 4) is 11.5 Å². The number of rotatable bonds is 7. The third-order valence-corrected chi connectivity index (χ3v) is 5.92. The molecule has 2 fully saturated rings. The van der Waals surface area contributed by atoms with Crippen molar-refractivity contribution in [3.63, 3.8) is 0 Å². The molecule has 1 N–H and O–H groups in total. The largest absolute Gasteiger partial charge is 0.504 e. The molecule has 0 aromatic heterocycles. The Morgan fingerprint density at radius 2 is 1.45 bits per heavy atom. The SMILES string of the molecule is COc1cc(CC(C(=O)OC2CCCCC2)C(=O)OC2CCCCC2)ccc1O. The highest BCUT2D eigenvalue weighted by Gasteiger charge is 2.34. The predicted octanol–water partition coefficient (Wildman–Crippen LogP) is 4.31. The first-order valence-corrected chi connectivity index (χ1v) is 10.8. The van der Waals surface area contributed by atoms with Gasteiger partial charge in [-0.1, -0.05) is 18.9 Å². The summed E-state index contributed by atoms with van der Waals surface area (Å²) in [5.74, 6) is -1.70. The number of aromatic hydroxyl groups is 1. The van der Waals surface area contributed by atoms with E-state index in [4.69, 9.17) is 14.2 Å². The summed E-state index contributed by atoms with van der Waals surface area (Å²) in [6.45, 7) is 0. The molecule has 160 valence electrons. The molecule has 0 saturated heterocycles. The van der Waals surface area contributed by atoms with Crippen LogP contribution in [0.2, 0.25) is 0 Å². The van der Waals surface area contributed by atoms with E-state index in [0.717, 1.165) is 64.2 Å². The first kappa shape index (κ1) is 21.5. The van der Waals surface area contributed by atoms with Gasteiger partial charge in [0.1, 0.15) is 12.2 Å². The number of ether oxygens (including phenoxy) is 3. The van der Waals surface area contributed by atoms with Crippen LogP contribution in [0.3, 0.4) is 0 Å². The quantitative estimate of drug-likeness (QED) is 0.539. The number of hydrogen-bond acceptors (Lipinski definition) is 6. The molecule has 2 saturated carbocycles. The smallest absolute Gasteiger partial charge is 0.320 e. The molecule has 0 aliphatic heterocycles. The normalized spacial score (nSPS) is 18.4. The molecule has 0 radical (unpaired) electrons. The van der Waals surface area contributed by atoms with Crippen LogP contribution in [0.15, 0.2) is 18.2 Å². The molecule has 6 heteroatoms. The molecule has 0 amide bonds. The molecule has 6 nitrogen and oxygen atoms in total. The summed E-state index contributed by atoms with van der Waals surface area (Å²) in [6.07, 6.45) is 9.84. The number of phenolic OH excluding ortho intramolecular Hbond substituents is 1. The van der Waals surface area contributed by atoms with Crippen molar-refractivity contribution < 1.29 is 28.9 Å². The fourth-order valence-electron chi connectivity index (χ4n) is 4.21. The Labute approximate surface area is 172 Å². The van der Waals surface area contributed by atoms with Crippen molar-refractivity contribution in [1.29, 1.82) is 0 Å². The second kappa shape index (κ2) is 10.5. The van der Waals surface area contributed by atoms with E-state index >= 15 is 0 Å². The van der Waals surface area contributed by atoms with Crippen molar-refractivity contribution in [2.45, 2.75) is 82.8 Å². The number of carbonyl (C=O) groups is 2. The van der Waals surface area contributed by atoms with Gasteiger partial charge in [-0.2, -0.15) is 0 Å². The zero-order chi connectivity index (χ0) is 20.6. The summed E-state index contributed by atoms with van der Waals surface area (Å²) >= 11 is 0. The molecular formula is C23H32O6. The van der Waals surface area contributed by atoms with Gasteiger partial charge in [0.25, 0.3) is 0 Å². The van der Waals surface area contributed by atoms with E-state index in [2.05, 4.69) is 0 Å². The average Bonchev–Trinajstić information content (AvgIpc) is 2.74. The third-order valence-electron chi connectivity index (χ3n) is 5.92. The summed E-state index contributed by atoms with van der Waals surface area (Å²) in [5, 5.41) is 9.81. The standard InChI is InChI=1S/C23H32O6/c1-27-21-15-16(12-13-20(21)24)14-19(22(25)28-17-8-4-2-5-9-17)23(26)29-18-10-6-3-7-11-18/h12-13,15,17-19,24H,2-11,14H2,1H3. The molecule has 1 aromatic carbocycles. The monoisotopic (exact) mass is 404 g/mol. The van der Waals surface area contributed by atoms with Gasteiger partial charge in [0.15, 0.2) is 17.4 Å². The lowest BCUT2D eigenvalue weighted by Gasteiger charge is -2.26. The molecule has 3 rings (SSSR count). The van der Waals surface area contributed by atoms with E-state index in [9.17, 15) is 14.7 Å². The summed E-state index contributed by atoms with van der Waals surface area (Å²) < 4.78 is 16.5. The Kier molecular flexibility index (Phi) is 7.78. The number of benzene rings is 1. The van der Waals surface area contributed by atoms with Crippen molar-refractivity contribution in [2.24, 2.45) is 5.92 Å². The Morgan fingerprint density at radius 1 is 0.931 bits per heavy atom. The highest BCUT2D eigenvalue weighted by molar-refractivity contribution is 5.95. The van der Waals surface area contributed by atoms with Gasteiger partial charge in [0.05, 0.1) is 7.11 Å². The van der Waals surface area contributed by atoms with Crippen LogP contribution >= 0.6 is 0 Å². The minimum Gasteiger partial charge on any atom is -0.504 e. The zero-order valence-electron chi connectivity index (χ0n) is 17.2. The molecule has 0 unspecified atom stereocenters. The molecule has 29 heavy (non-hydrogen) atoms. The maximum atomic E-state index is 12.9. The molecule has 2 aliphatic rings. The van der Waals surface area contributed by atoms with E-state index in [1.807, 2.05) is 0 Å². The van der Waals surface area contributed by atoms with Gasteiger partial charge in [-0.25, -0.2) is 0 Å². The Hall–Kier alpha value is -2.24. The molecule has 0 heterocycles. The lowest BCUT2D eigenvalue weighted by Crippen LogP contribution is -2.35. The van der Waals surface area contributed by atoms with Gasteiger partial charge in [0.2, 0.25) is 0 Å². The fourth-order valence-corrected chi connectivity index (χ4v) is 4.21. The average molecular weight is 405 g/mol. The number of esters is 2. The van der Waals surface area contributed by atoms with Gasteiger partial charge >= 0.3 is 11.9 Å². The van der Waals surface area contributed by atoms with Crippen LogP contribution in [0.25, 0.3) is 0 Å². The summed E-state index contributed by atoms with van der Waals surface area (Å²) in [6, 6.07) is 4.83. The fraction of sp³-hybridized carbons (Fsp3) is 0.652. The van der Waals surface area contributed by atoms with Crippen molar-refractivity contribution in [1.82, 2.24) is 0 Å². The van der Waals surface area contributed by atoms with E-state index in [-0.39, 0.29) is 24.4 Å². The summed E-state index contributed by atoms with van der Waals surface area (Å²) in [5.41, 5.74) is 0.714. The van der Waals surface area contributed by atoms with E-state index < -0.39 is 17.9 Å². The van der Waals surface area contributed by atoms with Crippen molar-refractivity contribution in [2.75, 3.05) is 7.11 Å². The Bertz CT molecular complexity index is 657. The number of phenols is 1. The minimum absolute atomic E-state index is 0.0161. The predicted molar refractivity (Wildman–Crippen MR) is 108 cm³/mol. The van der Waals surface area contributed by atoms with Crippen LogP contribution in [0.5, 0.6) is 11.5 Å². The maximum absolute atomic E-state index is 12.9. The lowest BCUT2D eigenvalue weighted by molar-refractivity contribution is -0.169. The zero-order valence-corrected chi connectivity index (χ0v) is 17.2. The van der Waals surface area contributed by atoms with Crippen molar-refractivity contribution in [3.05, 3.63) is 23.8 Å². The van der Waals surface area contributed by atoms with Crippen LogP contribution in [0, 0.1) is 5.92 Å². The minimum atomic E-state index is -1.01. The van der Waals surface area contributed by atoms with Crippen LogP contribution in [0.4, 0.5) is 0 Å². The second-order valence-electron chi connectivity index (χ2n) is 8.16. The van der Waals surface area contributed by atoms with E-state index in [0.29, 0.717) is 11.3 Å². The number of carbonyl (C=O) groups excluding carboxylic acids is 2. The van der Waals surface area contributed by atoms with E-state index in [1.165, 1.54) is 13.2 Å². The van der Waals surface area contributed by atoms with Crippen LogP contribution < -0.4 is 4.74 Å². The first-order chi connectivity index (χ1) is 14.1. The highest BCUT2D eigenvalue weighted by atomic mass is 16.6. The summed E-state index contributed by atoms with van der Waals surface area (Å²) in [7, 11) is 1.46. The topological polar surface area (TPSA) is 82.1 Å². The van der Waals surface area contributed by atoms with Gasteiger partial charge in [-0.05, 0) is 75.5 Å². The number of methoxy groups -OCH3 is 1. The van der Waals surface area contributed by atoms with Gasteiger partial charge in [-0.15, -0.1) is 0 Å². The van der Waals surface area contributed by atoms with Crippen LogP contribution in [-0.2, 0) is 25.5 Å². The van der Waals surface area contributed by atoms with Crippen LogP contribution in [0.1, 0.15) is 69.8 Å². The van der Waals surface area contributed by atoms with Gasteiger partial charge in [0, 0.05) is 0 Å². The molecule has 0 spiro atoms. The van der Waals surface area contributed by atoms with Gasteiger partial charge in [-0.3, -0.25) is 9.59 Å². The number of hydrogen-bond donors (Lipinski definition) is 1. The van der Waals surface area contributed by atoms with Crippen molar-refractivity contribution >= 4 is 11.9 Å². The van der Waals surface area contributed by atoms with Crippen LogP contribution in [-0.4, -0.2) is 36.4 Å². The molecule has 2 aliphatic carbocycles. The Morgan fingerprint density at radius 3 is 1.93 bits per heavy atom. The molecule has 1 aromatic rings. The summed E-state index contributed by atoms with van der Waals surface area (Å²) in [4.78, 5) is 25.8. The molecular weight excluding hydrogens is 372 g/mol. The highest BCUT2D eigenvalue weighted by Crippen LogP contribution is 2.29. The second-order valence-corrected chi connectivity index (χ2v) is 8.16. The molecule has 0 bridgehead atoms. The lowest BCUT2D eigenvalue weighted by atomic mass is 9.95. The first-order valence-electron chi connectivity index (χ1n) is 10.8. The Balaban J connectivity index is 1.72. The van der Waals surface area contributed by atoms with E-state index in [1.54, 1.807) is 12.1 Å². The third kappa shape index (κ3) is 6.12. The maximum Gasteiger partial charge on any atom is 0.320 e. The molecule has 0 atom stereocenters. The van der Waals surface area contributed by atoms with Gasteiger partial charge < -0.3 is 19.3 Å².